The first-order chi connectivity index (χ1) is 6.58. The molecule has 1 rings (SSSR count). The summed E-state index contributed by atoms with van der Waals surface area (Å²) in [5, 5.41) is 4.20. The first-order valence-electron chi connectivity index (χ1n) is 4.18. The van der Waals surface area contributed by atoms with Crippen LogP contribution < -0.4 is 16.5 Å². The number of nitrogens with zero attached hydrogens (tertiary/aromatic N) is 1. The first-order valence-corrected chi connectivity index (χ1v) is 4.18. The number of hydrogen-bond acceptors (Lipinski definition) is 3. The second-order valence-electron chi connectivity index (χ2n) is 3.09. The number of rotatable bonds is 2. The zero-order valence-corrected chi connectivity index (χ0v) is 10.7. The van der Waals surface area contributed by atoms with Crippen LogP contribution in [0, 0.1) is 0 Å². The highest BCUT2D eigenvalue weighted by Crippen LogP contribution is 2.11. The predicted octanol–water partition coefficient (Wildman–Crippen LogP) is 1.71. The minimum absolute atomic E-state index is 0. The largest absolute Gasteiger partial charge is 0.399 e. The molecule has 1 aromatic rings. The van der Waals surface area contributed by atoms with Gasteiger partial charge >= 0.3 is 6.03 Å². The Labute approximate surface area is 107 Å². The van der Waals surface area contributed by atoms with Crippen LogP contribution in [0.5, 0.6) is 0 Å². The number of benzene rings is 1. The molecule has 0 heterocycles. The van der Waals surface area contributed by atoms with Gasteiger partial charge in [-0.25, -0.2) is 9.80 Å². The summed E-state index contributed by atoms with van der Waals surface area (Å²) in [5.41, 5.74) is 9.40. The maximum absolute atomic E-state index is 11.2. The normalized spacial score (nSPS) is 8.69. The summed E-state index contributed by atoms with van der Waals surface area (Å²) in [6.07, 6.45) is 0. The van der Waals surface area contributed by atoms with Crippen molar-refractivity contribution < 1.29 is 4.79 Å². The number of halogens is 2. The van der Waals surface area contributed by atoms with Crippen molar-refractivity contribution in [2.75, 3.05) is 25.1 Å². The number of urea groups is 1. The Hall–Kier alpha value is -1.17. The van der Waals surface area contributed by atoms with E-state index < -0.39 is 0 Å². The van der Waals surface area contributed by atoms with Crippen LogP contribution >= 0.6 is 24.8 Å². The lowest BCUT2D eigenvalue weighted by atomic mass is 10.3. The van der Waals surface area contributed by atoms with Gasteiger partial charge in [0.1, 0.15) is 0 Å². The number of hydrogen-bond donors (Lipinski definition) is 3. The summed E-state index contributed by atoms with van der Waals surface area (Å²) < 4.78 is 0. The van der Waals surface area contributed by atoms with Crippen LogP contribution in [-0.4, -0.2) is 25.1 Å². The second kappa shape index (κ2) is 8.04. The van der Waals surface area contributed by atoms with Gasteiger partial charge in [-0.2, -0.15) is 0 Å². The van der Waals surface area contributed by atoms with E-state index in [4.69, 9.17) is 5.73 Å². The van der Waals surface area contributed by atoms with Crippen molar-refractivity contribution in [1.29, 1.82) is 0 Å². The van der Waals surface area contributed by atoms with Crippen LogP contribution in [0.2, 0.25) is 0 Å². The first kappa shape index (κ1) is 17.2. The fraction of sp³-hybridized carbons (Fsp3) is 0.222. The summed E-state index contributed by atoms with van der Waals surface area (Å²) in [5.74, 6) is 0. The molecule has 16 heavy (non-hydrogen) atoms. The lowest BCUT2D eigenvalue weighted by molar-refractivity contribution is 0.224. The molecular formula is C9H16Cl2N4O. The molecule has 0 atom stereocenters. The number of carbonyl (C=O) groups excluding carboxylic acids is 1. The highest BCUT2D eigenvalue weighted by Gasteiger charge is 2.01. The van der Waals surface area contributed by atoms with Gasteiger partial charge in [0.05, 0.1) is 0 Å². The van der Waals surface area contributed by atoms with Crippen molar-refractivity contribution in [2.45, 2.75) is 0 Å². The molecule has 0 saturated carbocycles. The van der Waals surface area contributed by atoms with Crippen LogP contribution in [0.4, 0.5) is 16.2 Å². The number of anilines is 2. The van der Waals surface area contributed by atoms with E-state index in [-0.39, 0.29) is 30.8 Å². The van der Waals surface area contributed by atoms with Gasteiger partial charge in [-0.3, -0.25) is 5.43 Å². The number of hydrazine groups is 1. The Morgan fingerprint density at radius 2 is 1.94 bits per heavy atom. The van der Waals surface area contributed by atoms with Gasteiger partial charge in [0.15, 0.2) is 0 Å². The van der Waals surface area contributed by atoms with E-state index in [1.54, 1.807) is 43.4 Å². The van der Waals surface area contributed by atoms with E-state index in [2.05, 4.69) is 10.7 Å². The highest BCUT2D eigenvalue weighted by atomic mass is 35.5. The quantitative estimate of drug-likeness (QED) is 0.564. The second-order valence-corrected chi connectivity index (χ2v) is 3.09. The molecule has 0 fully saturated rings. The van der Waals surface area contributed by atoms with E-state index in [0.717, 1.165) is 0 Å². The molecule has 2 amide bonds. The highest BCUT2D eigenvalue weighted by molar-refractivity contribution is 5.89. The molecule has 0 radical (unpaired) electrons. The Morgan fingerprint density at radius 3 is 2.44 bits per heavy atom. The van der Waals surface area contributed by atoms with Crippen molar-refractivity contribution in [2.24, 2.45) is 0 Å². The van der Waals surface area contributed by atoms with Gasteiger partial charge in [-0.05, 0) is 18.2 Å². The molecule has 0 bridgehead atoms. The maximum atomic E-state index is 11.2. The SMILES string of the molecule is CN(C)NC(=O)Nc1cccc(N)c1.Cl.Cl. The molecule has 0 aliphatic heterocycles. The van der Waals surface area contributed by atoms with Crippen LogP contribution in [-0.2, 0) is 0 Å². The monoisotopic (exact) mass is 266 g/mol. The fourth-order valence-corrected chi connectivity index (χ4v) is 0.979. The van der Waals surface area contributed by atoms with E-state index in [1.807, 2.05) is 0 Å². The molecule has 0 aliphatic rings. The number of nitrogens with two attached hydrogens (primary N) is 1. The van der Waals surface area contributed by atoms with E-state index in [9.17, 15) is 4.79 Å². The van der Waals surface area contributed by atoms with Crippen molar-refractivity contribution in [1.82, 2.24) is 10.4 Å². The summed E-state index contributed by atoms with van der Waals surface area (Å²) >= 11 is 0. The topological polar surface area (TPSA) is 70.4 Å². The number of nitrogens with one attached hydrogen (secondary N) is 2. The molecule has 7 heteroatoms. The fourth-order valence-electron chi connectivity index (χ4n) is 0.979. The molecule has 5 nitrogen and oxygen atoms in total. The van der Waals surface area contributed by atoms with E-state index in [0.29, 0.717) is 11.4 Å². The minimum Gasteiger partial charge on any atom is -0.399 e. The summed E-state index contributed by atoms with van der Waals surface area (Å²) in [6.45, 7) is 0. The smallest absolute Gasteiger partial charge is 0.333 e. The molecule has 92 valence electrons. The van der Waals surface area contributed by atoms with Gasteiger partial charge < -0.3 is 11.1 Å². The molecule has 0 unspecified atom stereocenters. The van der Waals surface area contributed by atoms with Crippen molar-refractivity contribution in [3.63, 3.8) is 0 Å². The third-order valence-electron chi connectivity index (χ3n) is 1.47. The van der Waals surface area contributed by atoms with Crippen LogP contribution in [0.3, 0.4) is 0 Å². The average Bonchev–Trinajstić information content (AvgIpc) is 2.01. The Kier molecular flexibility index (Phi) is 8.66. The Bertz CT molecular complexity index is 333. The van der Waals surface area contributed by atoms with Crippen LogP contribution in [0.1, 0.15) is 0 Å². The van der Waals surface area contributed by atoms with Crippen molar-refractivity contribution >= 4 is 42.2 Å². The molecular weight excluding hydrogens is 251 g/mol. The number of amides is 2. The number of carbonyl (C=O) groups is 1. The maximum Gasteiger partial charge on any atom is 0.333 e. The van der Waals surface area contributed by atoms with Gasteiger partial charge in [0, 0.05) is 25.5 Å². The van der Waals surface area contributed by atoms with Crippen molar-refractivity contribution in [3.05, 3.63) is 24.3 Å². The van der Waals surface area contributed by atoms with Crippen LogP contribution in [0.25, 0.3) is 0 Å². The van der Waals surface area contributed by atoms with Gasteiger partial charge in [-0.15, -0.1) is 24.8 Å². The van der Waals surface area contributed by atoms with E-state index >= 15 is 0 Å². The minimum atomic E-state index is -0.291. The van der Waals surface area contributed by atoms with E-state index in [1.165, 1.54) is 0 Å². The zero-order valence-electron chi connectivity index (χ0n) is 9.06. The number of nitrogen functional groups attached to an aromatic ring is 1. The third kappa shape index (κ3) is 6.34. The third-order valence-corrected chi connectivity index (χ3v) is 1.47. The molecule has 4 N–H and O–H groups in total. The summed E-state index contributed by atoms with van der Waals surface area (Å²) in [6, 6.07) is 6.71. The molecule has 0 aliphatic carbocycles. The van der Waals surface area contributed by atoms with Gasteiger partial charge in [0.25, 0.3) is 0 Å². The Morgan fingerprint density at radius 1 is 1.31 bits per heavy atom. The molecule has 0 spiro atoms. The van der Waals surface area contributed by atoms with Crippen LogP contribution in [0.15, 0.2) is 24.3 Å². The molecule has 0 saturated heterocycles. The average molecular weight is 267 g/mol. The lowest BCUT2D eigenvalue weighted by Crippen LogP contribution is -2.39. The molecule has 0 aromatic heterocycles. The molecule has 1 aromatic carbocycles. The lowest BCUT2D eigenvalue weighted by Gasteiger charge is -2.12. The summed E-state index contributed by atoms with van der Waals surface area (Å²) in [7, 11) is 3.47. The zero-order chi connectivity index (χ0) is 10.6. The van der Waals surface area contributed by atoms with Gasteiger partial charge in [-0.1, -0.05) is 6.07 Å². The summed E-state index contributed by atoms with van der Waals surface area (Å²) in [4.78, 5) is 11.2. The Balaban J connectivity index is 0. The standard InChI is InChI=1S/C9H14N4O.2ClH/c1-13(2)12-9(14)11-8-5-3-4-7(10)6-8;;/h3-6H,10H2,1-2H3,(H2,11,12,14);2*1H. The van der Waals surface area contributed by atoms with Gasteiger partial charge in [0.2, 0.25) is 0 Å². The predicted molar refractivity (Wildman–Crippen MR) is 71.2 cm³/mol. The van der Waals surface area contributed by atoms with Crippen molar-refractivity contribution in [3.8, 4) is 0 Å².